The number of nitrogens with one attached hydrogen (secondary N) is 1. The zero-order valence-electron chi connectivity index (χ0n) is 12.6. The van der Waals surface area contributed by atoms with Gasteiger partial charge in [-0.15, -0.1) is 0 Å². The molecule has 1 aliphatic rings. The molecule has 0 spiro atoms. The summed E-state index contributed by atoms with van der Waals surface area (Å²) in [7, 11) is 1.52. The Morgan fingerprint density at radius 2 is 2.00 bits per heavy atom. The molecule has 1 N–H and O–H groups in total. The Morgan fingerprint density at radius 3 is 2.68 bits per heavy atom. The van der Waals surface area contributed by atoms with E-state index in [1.807, 2.05) is 0 Å². The number of amides is 1. The molecule has 1 fully saturated rings. The molecule has 0 unspecified atom stereocenters. The lowest BCUT2D eigenvalue weighted by atomic mass is 9.95. The summed E-state index contributed by atoms with van der Waals surface area (Å²) in [6.45, 7) is -0.265. The minimum atomic E-state index is -0.551. The van der Waals surface area contributed by atoms with Crippen LogP contribution in [0, 0.1) is 0 Å². The van der Waals surface area contributed by atoms with Gasteiger partial charge in [-0.05, 0) is 47.0 Å². The van der Waals surface area contributed by atoms with Gasteiger partial charge in [0.2, 0.25) is 0 Å². The van der Waals surface area contributed by atoms with Crippen molar-refractivity contribution in [2.45, 2.75) is 38.1 Å². The summed E-state index contributed by atoms with van der Waals surface area (Å²) in [4.78, 5) is 23.9. The van der Waals surface area contributed by atoms with E-state index < -0.39 is 5.97 Å². The number of halogens is 1. The Hall–Kier alpha value is -1.56. The Labute approximate surface area is 138 Å². The predicted molar refractivity (Wildman–Crippen MR) is 86.0 cm³/mol. The molecule has 0 radical (unpaired) electrons. The van der Waals surface area contributed by atoms with Crippen molar-refractivity contribution < 1.29 is 19.1 Å². The third-order valence-electron chi connectivity index (χ3n) is 3.70. The smallest absolute Gasteiger partial charge is 0.339 e. The highest BCUT2D eigenvalue weighted by Gasteiger charge is 2.18. The number of ether oxygens (including phenoxy) is 2. The third kappa shape index (κ3) is 4.73. The largest absolute Gasteiger partial charge is 0.497 e. The van der Waals surface area contributed by atoms with Gasteiger partial charge in [-0.3, -0.25) is 4.79 Å². The van der Waals surface area contributed by atoms with E-state index in [4.69, 9.17) is 9.47 Å². The number of hydrogen-bond donors (Lipinski definition) is 1. The average molecular weight is 370 g/mol. The molecule has 1 saturated carbocycles. The summed E-state index contributed by atoms with van der Waals surface area (Å²) < 4.78 is 10.8. The summed E-state index contributed by atoms with van der Waals surface area (Å²) >= 11 is 3.29. The number of esters is 1. The van der Waals surface area contributed by atoms with E-state index in [2.05, 4.69) is 21.2 Å². The van der Waals surface area contributed by atoms with Crippen molar-refractivity contribution in [2.75, 3.05) is 13.7 Å². The molecule has 2 rings (SSSR count). The van der Waals surface area contributed by atoms with Gasteiger partial charge in [0.1, 0.15) is 5.75 Å². The topological polar surface area (TPSA) is 64.6 Å². The van der Waals surface area contributed by atoms with Crippen LogP contribution in [-0.2, 0) is 9.53 Å². The second-order valence-electron chi connectivity index (χ2n) is 5.32. The van der Waals surface area contributed by atoms with Crippen LogP contribution in [0.1, 0.15) is 42.5 Å². The van der Waals surface area contributed by atoms with Crippen LogP contribution in [0.15, 0.2) is 22.7 Å². The maximum atomic E-state index is 12.0. The highest BCUT2D eigenvalue weighted by atomic mass is 79.9. The molecule has 1 aromatic rings. The first-order valence-electron chi connectivity index (χ1n) is 7.40. The zero-order valence-corrected chi connectivity index (χ0v) is 14.1. The summed E-state index contributed by atoms with van der Waals surface area (Å²) in [6, 6.07) is 5.23. The van der Waals surface area contributed by atoms with Gasteiger partial charge in [0.15, 0.2) is 6.61 Å². The van der Waals surface area contributed by atoms with E-state index in [1.165, 1.54) is 13.5 Å². The lowest BCUT2D eigenvalue weighted by Gasteiger charge is -2.22. The van der Waals surface area contributed by atoms with Crippen molar-refractivity contribution in [2.24, 2.45) is 0 Å². The Bertz CT molecular complexity index is 541. The fraction of sp³-hybridized carbons (Fsp3) is 0.500. The lowest BCUT2D eigenvalue weighted by molar-refractivity contribution is -0.125. The molecule has 0 saturated heterocycles. The van der Waals surface area contributed by atoms with Gasteiger partial charge in [-0.1, -0.05) is 19.3 Å². The molecule has 0 aromatic heterocycles. The van der Waals surface area contributed by atoms with Gasteiger partial charge in [-0.25, -0.2) is 4.79 Å². The molecule has 0 aliphatic heterocycles. The maximum Gasteiger partial charge on any atom is 0.339 e. The highest BCUT2D eigenvalue weighted by molar-refractivity contribution is 9.10. The van der Waals surface area contributed by atoms with E-state index in [-0.39, 0.29) is 18.6 Å². The van der Waals surface area contributed by atoms with Crippen molar-refractivity contribution in [1.29, 1.82) is 0 Å². The summed E-state index contributed by atoms with van der Waals surface area (Å²) in [5.74, 6) is -0.245. The molecule has 0 heterocycles. The minimum Gasteiger partial charge on any atom is -0.497 e. The van der Waals surface area contributed by atoms with E-state index >= 15 is 0 Å². The average Bonchev–Trinajstić information content (AvgIpc) is 2.54. The van der Waals surface area contributed by atoms with Crippen molar-refractivity contribution in [3.05, 3.63) is 28.2 Å². The third-order valence-corrected chi connectivity index (χ3v) is 4.39. The Balaban J connectivity index is 1.85. The number of hydrogen-bond acceptors (Lipinski definition) is 4. The van der Waals surface area contributed by atoms with Crippen molar-refractivity contribution in [1.82, 2.24) is 5.32 Å². The van der Waals surface area contributed by atoms with Crippen molar-refractivity contribution in [3.63, 3.8) is 0 Å². The fourth-order valence-electron chi connectivity index (χ4n) is 2.51. The number of carbonyl (C=O) groups is 2. The molecule has 1 aromatic carbocycles. The molecule has 0 atom stereocenters. The molecule has 1 aliphatic carbocycles. The van der Waals surface area contributed by atoms with Crippen LogP contribution in [0.3, 0.4) is 0 Å². The molecule has 6 heteroatoms. The van der Waals surface area contributed by atoms with Crippen LogP contribution >= 0.6 is 15.9 Å². The van der Waals surface area contributed by atoms with Gasteiger partial charge in [-0.2, -0.15) is 0 Å². The zero-order chi connectivity index (χ0) is 15.9. The van der Waals surface area contributed by atoms with Gasteiger partial charge < -0.3 is 14.8 Å². The predicted octanol–water partition coefficient (Wildman–Crippen LogP) is 3.06. The van der Waals surface area contributed by atoms with Crippen LogP contribution in [0.2, 0.25) is 0 Å². The molecular formula is C16H20BrNO4. The standard InChI is InChI=1S/C16H20BrNO4/c1-21-12-7-8-14(17)13(9-12)16(20)22-10-15(19)18-11-5-3-2-4-6-11/h7-9,11H,2-6,10H2,1H3,(H,18,19). The second kappa shape index (κ2) is 8.17. The Kier molecular flexibility index (Phi) is 6.24. The first-order chi connectivity index (χ1) is 10.6. The molecule has 0 bridgehead atoms. The number of rotatable bonds is 5. The van der Waals surface area contributed by atoms with Crippen LogP contribution < -0.4 is 10.1 Å². The molecule has 22 heavy (non-hydrogen) atoms. The quantitative estimate of drug-likeness (QED) is 0.810. The van der Waals surface area contributed by atoms with Gasteiger partial charge in [0.25, 0.3) is 5.91 Å². The second-order valence-corrected chi connectivity index (χ2v) is 6.18. The molecule has 1 amide bonds. The van der Waals surface area contributed by atoms with Crippen LogP contribution in [0.4, 0.5) is 0 Å². The van der Waals surface area contributed by atoms with E-state index in [1.54, 1.807) is 18.2 Å². The van der Waals surface area contributed by atoms with Gasteiger partial charge in [0, 0.05) is 10.5 Å². The van der Waals surface area contributed by atoms with Crippen molar-refractivity contribution in [3.8, 4) is 5.75 Å². The normalized spacial score (nSPS) is 15.2. The molecule has 120 valence electrons. The molecule has 5 nitrogen and oxygen atoms in total. The summed E-state index contributed by atoms with van der Waals surface area (Å²) in [6.07, 6.45) is 5.51. The van der Waals surface area contributed by atoms with Crippen molar-refractivity contribution >= 4 is 27.8 Å². The SMILES string of the molecule is COc1ccc(Br)c(C(=O)OCC(=O)NC2CCCCC2)c1. The minimum absolute atomic E-state index is 0.212. The van der Waals surface area contributed by atoms with Crippen LogP contribution in [0.5, 0.6) is 5.75 Å². The Morgan fingerprint density at radius 1 is 1.27 bits per heavy atom. The van der Waals surface area contributed by atoms with E-state index in [0.29, 0.717) is 15.8 Å². The highest BCUT2D eigenvalue weighted by Crippen LogP contribution is 2.23. The molecular weight excluding hydrogens is 350 g/mol. The lowest BCUT2D eigenvalue weighted by Crippen LogP contribution is -2.38. The fourth-order valence-corrected chi connectivity index (χ4v) is 2.92. The number of carbonyl (C=O) groups excluding carboxylic acids is 2. The number of benzene rings is 1. The van der Waals surface area contributed by atoms with Crippen LogP contribution in [0.25, 0.3) is 0 Å². The van der Waals surface area contributed by atoms with E-state index in [0.717, 1.165) is 25.7 Å². The monoisotopic (exact) mass is 369 g/mol. The maximum absolute atomic E-state index is 12.0. The summed E-state index contributed by atoms with van der Waals surface area (Å²) in [5.41, 5.74) is 0.338. The first-order valence-corrected chi connectivity index (χ1v) is 8.19. The van der Waals surface area contributed by atoms with Gasteiger partial charge in [0.05, 0.1) is 12.7 Å². The van der Waals surface area contributed by atoms with E-state index in [9.17, 15) is 9.59 Å². The van der Waals surface area contributed by atoms with Crippen LogP contribution in [-0.4, -0.2) is 31.6 Å². The first kappa shape index (κ1) is 16.8. The van der Waals surface area contributed by atoms with Gasteiger partial charge >= 0.3 is 5.97 Å². The number of methoxy groups -OCH3 is 1. The summed E-state index contributed by atoms with van der Waals surface area (Å²) in [5, 5.41) is 2.91.